The van der Waals surface area contributed by atoms with Gasteiger partial charge in [-0.15, -0.1) is 0 Å². The normalized spacial score (nSPS) is 21.8. The van der Waals surface area contributed by atoms with E-state index in [1.54, 1.807) is 0 Å². The van der Waals surface area contributed by atoms with Gasteiger partial charge in [-0.05, 0) is 18.2 Å². The lowest BCUT2D eigenvalue weighted by Gasteiger charge is -2.21. The van der Waals surface area contributed by atoms with Crippen LogP contribution in [0.3, 0.4) is 0 Å². The Morgan fingerprint density at radius 3 is 2.62 bits per heavy atom. The van der Waals surface area contributed by atoms with Crippen LogP contribution in [0.15, 0.2) is 29.2 Å². The second-order valence-electron chi connectivity index (χ2n) is 5.73. The van der Waals surface area contributed by atoms with E-state index in [-0.39, 0.29) is 29.4 Å². The van der Waals surface area contributed by atoms with Gasteiger partial charge in [0.05, 0.1) is 41.5 Å². The zero-order valence-electron chi connectivity index (χ0n) is 13.3. The molecule has 1 aliphatic heterocycles. The lowest BCUT2D eigenvalue weighted by atomic mass is 10.1. The number of nitrogens with one attached hydrogen (secondary N) is 1. The van der Waals surface area contributed by atoms with Gasteiger partial charge in [-0.2, -0.15) is 5.26 Å². The molecule has 2 rings (SSSR count). The molecule has 0 amide bonds. The van der Waals surface area contributed by atoms with Gasteiger partial charge in [-0.25, -0.2) is 25.9 Å². The molecule has 1 aromatic rings. The van der Waals surface area contributed by atoms with Crippen molar-refractivity contribution in [1.29, 1.82) is 5.26 Å². The highest BCUT2D eigenvalue weighted by atomic mass is 32.2. The van der Waals surface area contributed by atoms with Crippen molar-refractivity contribution in [2.24, 2.45) is 5.92 Å². The number of ether oxygens (including phenoxy) is 1. The summed E-state index contributed by atoms with van der Waals surface area (Å²) in [6.45, 7) is 0.267. The number of nitriles is 1. The minimum absolute atomic E-state index is 0.0392. The quantitative estimate of drug-likeness (QED) is 0.734. The Kier molecular flexibility index (Phi) is 5.62. The van der Waals surface area contributed by atoms with E-state index in [0.717, 1.165) is 4.31 Å². The van der Waals surface area contributed by atoms with Crippen molar-refractivity contribution in [2.75, 3.05) is 33.1 Å². The van der Waals surface area contributed by atoms with Crippen LogP contribution in [0.5, 0.6) is 0 Å². The lowest BCUT2D eigenvalue weighted by Crippen LogP contribution is -2.43. The van der Waals surface area contributed by atoms with E-state index in [1.165, 1.54) is 38.4 Å². The van der Waals surface area contributed by atoms with Crippen LogP contribution in [-0.4, -0.2) is 60.2 Å². The van der Waals surface area contributed by atoms with Crippen LogP contribution in [0.1, 0.15) is 5.56 Å². The van der Waals surface area contributed by atoms with Crippen molar-refractivity contribution in [3.8, 4) is 6.07 Å². The van der Waals surface area contributed by atoms with Crippen molar-refractivity contribution < 1.29 is 21.6 Å². The van der Waals surface area contributed by atoms with Crippen molar-refractivity contribution in [3.63, 3.8) is 0 Å². The van der Waals surface area contributed by atoms with E-state index in [2.05, 4.69) is 4.72 Å². The van der Waals surface area contributed by atoms with E-state index in [4.69, 9.17) is 10.00 Å². The predicted molar refractivity (Wildman–Crippen MR) is 87.0 cm³/mol. The van der Waals surface area contributed by atoms with Crippen molar-refractivity contribution in [3.05, 3.63) is 29.8 Å². The summed E-state index contributed by atoms with van der Waals surface area (Å²) >= 11 is 0. The highest BCUT2D eigenvalue weighted by molar-refractivity contribution is 7.89. The van der Waals surface area contributed by atoms with Crippen LogP contribution in [0.25, 0.3) is 0 Å². The zero-order valence-corrected chi connectivity index (χ0v) is 15.0. The van der Waals surface area contributed by atoms with Crippen LogP contribution >= 0.6 is 0 Å². The van der Waals surface area contributed by atoms with E-state index < -0.39 is 32.0 Å². The fourth-order valence-electron chi connectivity index (χ4n) is 2.31. The Labute approximate surface area is 142 Å². The number of hydrogen-bond acceptors (Lipinski definition) is 6. The molecule has 24 heavy (non-hydrogen) atoms. The molecular weight excluding hydrogens is 354 g/mol. The van der Waals surface area contributed by atoms with E-state index in [9.17, 15) is 16.8 Å². The minimum atomic E-state index is -3.87. The maximum absolute atomic E-state index is 12.5. The molecule has 0 radical (unpaired) electrons. The topological polar surface area (TPSA) is 117 Å². The molecule has 1 heterocycles. The second kappa shape index (κ2) is 7.16. The largest absolute Gasteiger partial charge is 0.379 e. The van der Waals surface area contributed by atoms with Crippen LogP contribution < -0.4 is 4.72 Å². The van der Waals surface area contributed by atoms with Gasteiger partial charge in [0.25, 0.3) is 0 Å². The molecule has 1 aromatic carbocycles. The van der Waals surface area contributed by atoms with Crippen LogP contribution in [0.2, 0.25) is 0 Å². The molecule has 0 unspecified atom stereocenters. The SMILES string of the molecule is CN(C)S(=O)(=O)C[C@@H]1COC[C@H]1NS(=O)(=O)c1cccc(C#N)c1. The maximum atomic E-state index is 12.5. The molecule has 132 valence electrons. The molecular formula is C14H19N3O5S2. The summed E-state index contributed by atoms with van der Waals surface area (Å²) in [6.07, 6.45) is 0. The fourth-order valence-corrected chi connectivity index (χ4v) is 4.82. The zero-order chi connectivity index (χ0) is 18.0. The Morgan fingerprint density at radius 2 is 2.00 bits per heavy atom. The van der Waals surface area contributed by atoms with Gasteiger partial charge in [0, 0.05) is 20.0 Å². The number of nitrogens with zero attached hydrogens (tertiary/aromatic N) is 2. The van der Waals surface area contributed by atoms with Gasteiger partial charge >= 0.3 is 0 Å². The third kappa shape index (κ3) is 4.31. The third-order valence-electron chi connectivity index (χ3n) is 3.76. The van der Waals surface area contributed by atoms with Gasteiger partial charge in [-0.3, -0.25) is 0 Å². The molecule has 1 saturated heterocycles. The second-order valence-corrected chi connectivity index (χ2v) is 9.67. The summed E-state index contributed by atoms with van der Waals surface area (Å²) in [5, 5.41) is 8.88. The Morgan fingerprint density at radius 1 is 1.29 bits per heavy atom. The van der Waals surface area contributed by atoms with Crippen LogP contribution in [0, 0.1) is 17.2 Å². The molecule has 0 saturated carbocycles. The molecule has 1 fully saturated rings. The first-order valence-corrected chi connectivity index (χ1v) is 10.3. The van der Waals surface area contributed by atoms with E-state index >= 15 is 0 Å². The van der Waals surface area contributed by atoms with Gasteiger partial charge in [0.15, 0.2) is 0 Å². The first-order chi connectivity index (χ1) is 11.2. The maximum Gasteiger partial charge on any atom is 0.240 e. The molecule has 0 bridgehead atoms. The molecule has 1 aliphatic rings. The average Bonchev–Trinajstić information content (AvgIpc) is 2.92. The Balaban J connectivity index is 2.18. The highest BCUT2D eigenvalue weighted by Crippen LogP contribution is 2.20. The smallest absolute Gasteiger partial charge is 0.240 e. The summed E-state index contributed by atoms with van der Waals surface area (Å²) in [4.78, 5) is -0.0392. The Bertz CT molecular complexity index is 843. The number of hydrogen-bond donors (Lipinski definition) is 1. The molecule has 10 heteroatoms. The standard InChI is InChI=1S/C14H19N3O5S2/c1-17(2)23(18,19)10-12-8-22-9-14(12)16-24(20,21)13-5-3-4-11(6-13)7-15/h3-6,12,14,16H,8-10H2,1-2H3/t12-,14+/m0/s1. The Hall–Kier alpha value is -1.51. The molecule has 8 nitrogen and oxygen atoms in total. The first kappa shape index (κ1) is 18.8. The average molecular weight is 373 g/mol. The highest BCUT2D eigenvalue weighted by Gasteiger charge is 2.35. The van der Waals surface area contributed by atoms with E-state index in [0.29, 0.717) is 0 Å². The van der Waals surface area contributed by atoms with Crippen LogP contribution in [0.4, 0.5) is 0 Å². The fraction of sp³-hybridized carbons (Fsp3) is 0.500. The van der Waals surface area contributed by atoms with Gasteiger partial charge in [0.1, 0.15) is 0 Å². The molecule has 0 spiro atoms. The van der Waals surface area contributed by atoms with Crippen molar-refractivity contribution in [2.45, 2.75) is 10.9 Å². The number of sulfonamides is 2. The summed E-state index contributed by atoms with van der Waals surface area (Å²) < 4.78 is 57.8. The van der Waals surface area contributed by atoms with Crippen molar-refractivity contribution in [1.82, 2.24) is 9.03 Å². The first-order valence-electron chi connectivity index (χ1n) is 7.16. The molecule has 0 aliphatic carbocycles. The van der Waals surface area contributed by atoms with Gasteiger partial charge in [0.2, 0.25) is 20.0 Å². The molecule has 1 N–H and O–H groups in total. The summed E-state index contributed by atoms with van der Waals surface area (Å²) in [7, 11) is -4.49. The minimum Gasteiger partial charge on any atom is -0.379 e. The molecule has 0 aromatic heterocycles. The predicted octanol–water partition coefficient (Wildman–Crippen LogP) is -0.257. The summed E-state index contributed by atoms with van der Waals surface area (Å²) in [5.74, 6) is -0.683. The van der Waals surface area contributed by atoms with Crippen LogP contribution in [-0.2, 0) is 24.8 Å². The summed E-state index contributed by atoms with van der Waals surface area (Å²) in [6, 6.07) is 6.87. The van der Waals surface area contributed by atoms with Gasteiger partial charge in [-0.1, -0.05) is 6.07 Å². The number of rotatable bonds is 6. The monoisotopic (exact) mass is 373 g/mol. The van der Waals surface area contributed by atoms with Crippen molar-refractivity contribution >= 4 is 20.0 Å². The lowest BCUT2D eigenvalue weighted by molar-refractivity contribution is 0.185. The van der Waals surface area contributed by atoms with E-state index in [1.807, 2.05) is 6.07 Å². The summed E-state index contributed by atoms with van der Waals surface area (Å²) in [5.41, 5.74) is 0.229. The third-order valence-corrected chi connectivity index (χ3v) is 7.21. The van der Waals surface area contributed by atoms with Gasteiger partial charge < -0.3 is 4.74 Å². The number of benzene rings is 1. The molecule has 2 atom stereocenters.